The summed E-state index contributed by atoms with van der Waals surface area (Å²) >= 11 is 0. The molecular formula is C17H14N2. The van der Waals surface area contributed by atoms with E-state index in [1.807, 2.05) is 0 Å². The molecule has 0 amide bonds. The fourth-order valence-corrected chi connectivity index (χ4v) is 2.66. The molecule has 2 heterocycles. The minimum absolute atomic E-state index is 0.906. The highest BCUT2D eigenvalue weighted by molar-refractivity contribution is 5.81. The summed E-state index contributed by atoms with van der Waals surface area (Å²) in [5.41, 5.74) is 4.89. The molecule has 2 N–H and O–H groups in total. The second-order valence-corrected chi connectivity index (χ2v) is 4.94. The number of rotatable bonds is 2. The van der Waals surface area contributed by atoms with Crippen LogP contribution >= 0.6 is 0 Å². The molecule has 4 aromatic rings. The summed E-state index contributed by atoms with van der Waals surface area (Å²) < 4.78 is 0. The summed E-state index contributed by atoms with van der Waals surface area (Å²) in [6, 6.07) is 21.2. The SMILES string of the molecule is c1ccc2[nH]c(Cc3cc4ccccc4[nH]3)cc2c1. The van der Waals surface area contributed by atoms with Gasteiger partial charge in [-0.05, 0) is 35.0 Å². The lowest BCUT2D eigenvalue weighted by atomic mass is 10.2. The van der Waals surface area contributed by atoms with Crippen LogP contribution in [-0.4, -0.2) is 9.97 Å². The third-order valence-corrected chi connectivity index (χ3v) is 3.55. The standard InChI is InChI=1S/C17H14N2/c1-3-7-16-12(5-1)9-14(18-16)11-15-10-13-6-2-4-8-17(13)19-15/h1-10,18-19H,11H2. The van der Waals surface area contributed by atoms with Gasteiger partial charge in [0, 0.05) is 28.8 Å². The van der Waals surface area contributed by atoms with Crippen LogP contribution in [0.5, 0.6) is 0 Å². The molecule has 2 heteroatoms. The Hall–Kier alpha value is -2.48. The quantitative estimate of drug-likeness (QED) is 0.530. The van der Waals surface area contributed by atoms with Crippen LogP contribution < -0.4 is 0 Å². The highest BCUT2D eigenvalue weighted by Gasteiger charge is 2.04. The third kappa shape index (κ3) is 1.82. The van der Waals surface area contributed by atoms with E-state index in [-0.39, 0.29) is 0 Å². The lowest BCUT2D eigenvalue weighted by molar-refractivity contribution is 1.07. The molecule has 0 spiro atoms. The van der Waals surface area contributed by atoms with E-state index in [0.717, 1.165) is 6.42 Å². The molecule has 0 unspecified atom stereocenters. The van der Waals surface area contributed by atoms with Gasteiger partial charge in [-0.25, -0.2) is 0 Å². The zero-order chi connectivity index (χ0) is 12.7. The Morgan fingerprint density at radius 1 is 0.632 bits per heavy atom. The van der Waals surface area contributed by atoms with E-state index in [0.29, 0.717) is 0 Å². The number of nitrogens with one attached hydrogen (secondary N) is 2. The molecule has 0 aliphatic heterocycles. The van der Waals surface area contributed by atoms with Gasteiger partial charge in [-0.3, -0.25) is 0 Å². The largest absolute Gasteiger partial charge is 0.358 e. The molecule has 2 aromatic carbocycles. The van der Waals surface area contributed by atoms with Crippen molar-refractivity contribution in [1.82, 2.24) is 9.97 Å². The maximum Gasteiger partial charge on any atom is 0.0456 e. The minimum atomic E-state index is 0.906. The molecule has 2 nitrogen and oxygen atoms in total. The first-order valence-electron chi connectivity index (χ1n) is 6.52. The molecule has 0 bridgehead atoms. The minimum Gasteiger partial charge on any atom is -0.358 e. The van der Waals surface area contributed by atoms with Gasteiger partial charge in [0.25, 0.3) is 0 Å². The molecule has 0 saturated carbocycles. The summed E-state index contributed by atoms with van der Waals surface area (Å²) in [5, 5.41) is 2.54. The van der Waals surface area contributed by atoms with Gasteiger partial charge in [-0.2, -0.15) is 0 Å². The van der Waals surface area contributed by atoms with Crippen LogP contribution in [-0.2, 0) is 6.42 Å². The van der Waals surface area contributed by atoms with Gasteiger partial charge in [0.1, 0.15) is 0 Å². The van der Waals surface area contributed by atoms with E-state index in [4.69, 9.17) is 0 Å². The fraction of sp³-hybridized carbons (Fsp3) is 0.0588. The summed E-state index contributed by atoms with van der Waals surface area (Å²) in [7, 11) is 0. The Bertz CT molecular complexity index is 714. The normalized spacial score (nSPS) is 11.4. The average molecular weight is 246 g/mol. The Morgan fingerprint density at radius 3 is 1.58 bits per heavy atom. The molecule has 0 fully saturated rings. The van der Waals surface area contributed by atoms with E-state index < -0.39 is 0 Å². The van der Waals surface area contributed by atoms with Gasteiger partial charge in [-0.15, -0.1) is 0 Å². The number of H-pyrrole nitrogens is 2. The zero-order valence-electron chi connectivity index (χ0n) is 10.5. The van der Waals surface area contributed by atoms with Crippen molar-refractivity contribution in [2.45, 2.75) is 6.42 Å². The van der Waals surface area contributed by atoms with E-state index in [9.17, 15) is 0 Å². The molecule has 0 aliphatic carbocycles. The van der Waals surface area contributed by atoms with E-state index >= 15 is 0 Å². The predicted molar refractivity (Wildman–Crippen MR) is 79.4 cm³/mol. The van der Waals surface area contributed by atoms with E-state index in [1.165, 1.54) is 33.2 Å². The Balaban J connectivity index is 1.73. The summed E-state index contributed by atoms with van der Waals surface area (Å²) in [5.74, 6) is 0. The lowest BCUT2D eigenvalue weighted by Gasteiger charge is -1.93. The number of para-hydroxylation sites is 2. The second-order valence-electron chi connectivity index (χ2n) is 4.94. The molecule has 92 valence electrons. The average Bonchev–Trinajstić information content (AvgIpc) is 3.00. The van der Waals surface area contributed by atoms with Gasteiger partial charge in [0.2, 0.25) is 0 Å². The molecule has 0 radical (unpaired) electrons. The Morgan fingerprint density at radius 2 is 1.11 bits per heavy atom. The number of benzene rings is 2. The molecule has 19 heavy (non-hydrogen) atoms. The van der Waals surface area contributed by atoms with Crippen molar-refractivity contribution in [1.29, 1.82) is 0 Å². The van der Waals surface area contributed by atoms with Crippen LogP contribution in [0.4, 0.5) is 0 Å². The van der Waals surface area contributed by atoms with Crippen LogP contribution in [0.2, 0.25) is 0 Å². The highest BCUT2D eigenvalue weighted by Crippen LogP contribution is 2.20. The van der Waals surface area contributed by atoms with Gasteiger partial charge < -0.3 is 9.97 Å². The van der Waals surface area contributed by atoms with E-state index in [2.05, 4.69) is 70.6 Å². The number of aromatic nitrogens is 2. The van der Waals surface area contributed by atoms with Crippen LogP contribution in [0.25, 0.3) is 21.8 Å². The van der Waals surface area contributed by atoms with Gasteiger partial charge >= 0.3 is 0 Å². The zero-order valence-corrected chi connectivity index (χ0v) is 10.5. The molecule has 0 aliphatic rings. The monoisotopic (exact) mass is 246 g/mol. The van der Waals surface area contributed by atoms with Gasteiger partial charge in [-0.1, -0.05) is 36.4 Å². The Labute approximate surface area is 111 Å². The molecule has 2 aromatic heterocycles. The second kappa shape index (κ2) is 4.02. The maximum atomic E-state index is 3.47. The van der Waals surface area contributed by atoms with Gasteiger partial charge in [0.15, 0.2) is 0 Å². The van der Waals surface area contributed by atoms with Crippen LogP contribution in [0, 0.1) is 0 Å². The lowest BCUT2D eigenvalue weighted by Crippen LogP contribution is -1.87. The van der Waals surface area contributed by atoms with Crippen molar-refractivity contribution in [3.8, 4) is 0 Å². The molecule has 0 atom stereocenters. The molecular weight excluding hydrogens is 232 g/mol. The topological polar surface area (TPSA) is 31.6 Å². The van der Waals surface area contributed by atoms with Crippen molar-refractivity contribution >= 4 is 21.8 Å². The van der Waals surface area contributed by atoms with Crippen LogP contribution in [0.1, 0.15) is 11.4 Å². The van der Waals surface area contributed by atoms with Gasteiger partial charge in [0.05, 0.1) is 0 Å². The maximum absolute atomic E-state index is 3.47. The number of fused-ring (bicyclic) bond motifs is 2. The van der Waals surface area contributed by atoms with Crippen molar-refractivity contribution < 1.29 is 0 Å². The number of aromatic amines is 2. The van der Waals surface area contributed by atoms with Crippen LogP contribution in [0.15, 0.2) is 60.7 Å². The van der Waals surface area contributed by atoms with Crippen LogP contribution in [0.3, 0.4) is 0 Å². The first kappa shape index (κ1) is 10.4. The van der Waals surface area contributed by atoms with E-state index in [1.54, 1.807) is 0 Å². The smallest absolute Gasteiger partial charge is 0.0456 e. The highest BCUT2D eigenvalue weighted by atomic mass is 14.7. The fourth-order valence-electron chi connectivity index (χ4n) is 2.66. The molecule has 0 saturated heterocycles. The predicted octanol–water partition coefficient (Wildman–Crippen LogP) is 4.24. The number of hydrogen-bond donors (Lipinski definition) is 2. The van der Waals surface area contributed by atoms with Crippen molar-refractivity contribution in [3.05, 3.63) is 72.1 Å². The Kier molecular flexibility index (Phi) is 2.21. The first-order valence-corrected chi connectivity index (χ1v) is 6.52. The van der Waals surface area contributed by atoms with Crippen molar-refractivity contribution in [2.75, 3.05) is 0 Å². The molecule has 4 rings (SSSR count). The van der Waals surface area contributed by atoms with Crippen molar-refractivity contribution in [2.24, 2.45) is 0 Å². The number of hydrogen-bond acceptors (Lipinski definition) is 0. The van der Waals surface area contributed by atoms with Crippen molar-refractivity contribution in [3.63, 3.8) is 0 Å². The first-order chi connectivity index (χ1) is 9.38. The third-order valence-electron chi connectivity index (χ3n) is 3.55. The summed E-state index contributed by atoms with van der Waals surface area (Å²) in [4.78, 5) is 6.94. The summed E-state index contributed by atoms with van der Waals surface area (Å²) in [6.07, 6.45) is 0.906. The summed E-state index contributed by atoms with van der Waals surface area (Å²) in [6.45, 7) is 0.